The lowest BCUT2D eigenvalue weighted by molar-refractivity contribution is -0.274. The Morgan fingerprint density at radius 2 is 1.74 bits per heavy atom. The summed E-state index contributed by atoms with van der Waals surface area (Å²) >= 11 is 0. The number of alkyl halides is 3. The van der Waals surface area contributed by atoms with Crippen LogP contribution >= 0.6 is 0 Å². The molecular weight excluding hydrogens is 501 g/mol. The van der Waals surface area contributed by atoms with Gasteiger partial charge in [0.15, 0.2) is 0 Å². The number of aliphatic hydroxyl groups is 2. The van der Waals surface area contributed by atoms with E-state index in [1.165, 1.54) is 29.2 Å². The monoisotopic (exact) mass is 536 g/mol. The fourth-order valence-electron chi connectivity index (χ4n) is 4.00. The van der Waals surface area contributed by atoms with E-state index in [-0.39, 0.29) is 12.3 Å². The van der Waals surface area contributed by atoms with Gasteiger partial charge in [-0.2, -0.15) is 0 Å². The average molecular weight is 537 g/mol. The predicted octanol–water partition coefficient (Wildman–Crippen LogP) is 5.41. The molecule has 0 aliphatic heterocycles. The van der Waals surface area contributed by atoms with Gasteiger partial charge in [-0.25, -0.2) is 4.79 Å². The molecule has 208 valence electrons. The Morgan fingerprint density at radius 1 is 1.13 bits per heavy atom. The van der Waals surface area contributed by atoms with Crippen molar-refractivity contribution in [3.05, 3.63) is 47.0 Å². The van der Waals surface area contributed by atoms with Gasteiger partial charge in [-0.1, -0.05) is 18.1 Å². The van der Waals surface area contributed by atoms with Crippen molar-refractivity contribution in [1.29, 1.82) is 0 Å². The topological polar surface area (TPSA) is 82.5 Å². The summed E-state index contributed by atoms with van der Waals surface area (Å²) in [5, 5.41) is 20.7. The molecule has 2 aromatic rings. The van der Waals surface area contributed by atoms with Gasteiger partial charge in [0.1, 0.15) is 17.5 Å². The Bertz CT molecular complexity index is 1180. The Labute approximate surface area is 221 Å². The lowest BCUT2D eigenvalue weighted by Gasteiger charge is -2.31. The van der Waals surface area contributed by atoms with E-state index in [0.717, 1.165) is 0 Å². The number of anilines is 1. The second kappa shape index (κ2) is 12.4. The molecular formula is C28H35F3N2O5. The number of halogens is 3. The highest BCUT2D eigenvalue weighted by atomic mass is 19.4. The zero-order valence-corrected chi connectivity index (χ0v) is 22.7. The molecule has 2 N–H and O–H groups in total. The number of hydrogen-bond acceptors (Lipinski definition) is 6. The van der Waals surface area contributed by atoms with E-state index in [0.29, 0.717) is 40.0 Å². The van der Waals surface area contributed by atoms with Gasteiger partial charge in [0.25, 0.3) is 0 Å². The number of carbonyl (C=O) groups excluding carboxylic acids is 1. The molecule has 0 bridgehead atoms. The molecule has 0 heterocycles. The molecule has 0 saturated heterocycles. The second-order valence-corrected chi connectivity index (χ2v) is 9.86. The van der Waals surface area contributed by atoms with Crippen LogP contribution in [-0.4, -0.2) is 60.4 Å². The summed E-state index contributed by atoms with van der Waals surface area (Å²) in [6, 6.07) is 7.20. The van der Waals surface area contributed by atoms with Crippen molar-refractivity contribution < 1.29 is 37.7 Å². The maximum absolute atomic E-state index is 12.7. The van der Waals surface area contributed by atoms with Crippen molar-refractivity contribution >= 4 is 11.8 Å². The molecule has 0 aromatic heterocycles. The number of nitrogens with zero attached hydrogens (tertiary/aromatic N) is 2. The van der Waals surface area contributed by atoms with Crippen molar-refractivity contribution in [3.63, 3.8) is 0 Å². The van der Waals surface area contributed by atoms with Crippen molar-refractivity contribution in [1.82, 2.24) is 4.90 Å². The van der Waals surface area contributed by atoms with Crippen molar-refractivity contribution in [2.45, 2.75) is 59.2 Å². The molecule has 1 atom stereocenters. The van der Waals surface area contributed by atoms with E-state index in [1.807, 2.05) is 11.8 Å². The Balaban J connectivity index is 2.72. The first-order chi connectivity index (χ1) is 17.6. The summed E-state index contributed by atoms with van der Waals surface area (Å²) < 4.78 is 47.4. The van der Waals surface area contributed by atoms with Gasteiger partial charge in [-0.3, -0.25) is 0 Å². The highest BCUT2D eigenvalue weighted by molar-refractivity contribution is 5.79. The van der Waals surface area contributed by atoms with Crippen molar-refractivity contribution in [2.24, 2.45) is 0 Å². The van der Waals surface area contributed by atoms with Crippen LogP contribution in [0.5, 0.6) is 5.75 Å². The van der Waals surface area contributed by atoms with Crippen LogP contribution in [0, 0.1) is 18.8 Å². The normalized spacial score (nSPS) is 12.3. The molecule has 38 heavy (non-hydrogen) atoms. The third-order valence-electron chi connectivity index (χ3n) is 5.57. The van der Waals surface area contributed by atoms with E-state index in [9.17, 15) is 28.2 Å². The largest absolute Gasteiger partial charge is 0.573 e. The number of benzene rings is 2. The first-order valence-corrected chi connectivity index (χ1v) is 11.9. The minimum atomic E-state index is -4.81. The van der Waals surface area contributed by atoms with Crippen LogP contribution in [0.2, 0.25) is 0 Å². The minimum Gasteiger partial charge on any atom is -0.444 e. The molecule has 0 aliphatic rings. The van der Waals surface area contributed by atoms with Crippen molar-refractivity contribution in [3.8, 4) is 28.7 Å². The third kappa shape index (κ3) is 8.30. The summed E-state index contributed by atoms with van der Waals surface area (Å²) in [4.78, 5) is 15.9. The molecule has 0 radical (unpaired) electrons. The number of hydrogen-bond donors (Lipinski definition) is 2. The van der Waals surface area contributed by atoms with Gasteiger partial charge in [0, 0.05) is 31.9 Å². The first kappa shape index (κ1) is 30.8. The number of carbonyl (C=O) groups is 1. The Kier molecular flexibility index (Phi) is 10.1. The van der Waals surface area contributed by atoms with Crippen LogP contribution in [0.4, 0.5) is 23.7 Å². The van der Waals surface area contributed by atoms with E-state index < -0.39 is 30.8 Å². The van der Waals surface area contributed by atoms with Gasteiger partial charge < -0.3 is 29.5 Å². The van der Waals surface area contributed by atoms with Crippen LogP contribution < -0.4 is 9.64 Å². The average Bonchev–Trinajstić information content (AvgIpc) is 2.81. The Hall–Kier alpha value is -3.42. The molecule has 0 fully saturated rings. The quantitative estimate of drug-likeness (QED) is 0.439. The fourth-order valence-corrected chi connectivity index (χ4v) is 4.00. The highest BCUT2D eigenvalue weighted by Crippen LogP contribution is 2.40. The van der Waals surface area contributed by atoms with Gasteiger partial charge in [-0.05, 0) is 75.1 Å². The van der Waals surface area contributed by atoms with Crippen LogP contribution in [0.3, 0.4) is 0 Å². The van der Waals surface area contributed by atoms with E-state index in [4.69, 9.17) is 4.74 Å². The molecule has 0 aliphatic carbocycles. The van der Waals surface area contributed by atoms with Crippen LogP contribution in [-0.2, 0) is 11.3 Å². The highest BCUT2D eigenvalue weighted by Gasteiger charge is 2.31. The lowest BCUT2D eigenvalue weighted by atomic mass is 9.89. The van der Waals surface area contributed by atoms with E-state index >= 15 is 0 Å². The number of rotatable bonds is 8. The molecule has 1 unspecified atom stereocenters. The zero-order valence-electron chi connectivity index (χ0n) is 22.7. The van der Waals surface area contributed by atoms with Gasteiger partial charge in [0.2, 0.25) is 0 Å². The number of amides is 1. The molecule has 0 saturated carbocycles. The molecule has 10 heteroatoms. The maximum atomic E-state index is 12.7. The summed E-state index contributed by atoms with van der Waals surface area (Å²) in [7, 11) is 3.34. The standard InChI is InChI=1S/C28H35F3N2O5/c1-8-9-14-32(6)25-18(2)22(19-10-12-21(13-11-19)37-28(29,30)31)15-20(24(25)23(35)17-34)16-33(7)26(36)38-27(3,4)5/h10-13,15,23,34-35H,14,16-17H2,1-7H3. The van der Waals surface area contributed by atoms with Crippen LogP contribution in [0.1, 0.15) is 50.5 Å². The summed E-state index contributed by atoms with van der Waals surface area (Å²) in [5.74, 6) is 5.45. The summed E-state index contributed by atoms with van der Waals surface area (Å²) in [6.07, 6.45) is -6.65. The first-order valence-electron chi connectivity index (χ1n) is 11.9. The number of ether oxygens (including phenoxy) is 2. The molecule has 0 spiro atoms. The van der Waals surface area contributed by atoms with E-state index in [1.54, 1.807) is 47.9 Å². The maximum Gasteiger partial charge on any atom is 0.573 e. The van der Waals surface area contributed by atoms with Crippen molar-refractivity contribution in [2.75, 3.05) is 32.1 Å². The molecule has 7 nitrogen and oxygen atoms in total. The molecule has 1 amide bonds. The summed E-state index contributed by atoms with van der Waals surface area (Å²) in [5.41, 5.74) is 2.79. The summed E-state index contributed by atoms with van der Waals surface area (Å²) in [6.45, 7) is 8.54. The lowest BCUT2D eigenvalue weighted by Crippen LogP contribution is -2.34. The van der Waals surface area contributed by atoms with Gasteiger partial charge >= 0.3 is 12.5 Å². The molecule has 2 rings (SSSR count). The number of aliphatic hydroxyl groups excluding tert-OH is 2. The van der Waals surface area contributed by atoms with Crippen LogP contribution in [0.15, 0.2) is 30.3 Å². The van der Waals surface area contributed by atoms with Gasteiger partial charge in [-0.15, -0.1) is 19.1 Å². The SMILES string of the molecule is CC#CCN(C)c1c(C)c(-c2ccc(OC(F)(F)F)cc2)cc(CN(C)C(=O)OC(C)(C)C)c1C(O)CO. The second-order valence-electron chi connectivity index (χ2n) is 9.86. The third-order valence-corrected chi connectivity index (χ3v) is 5.57. The van der Waals surface area contributed by atoms with Crippen LogP contribution in [0.25, 0.3) is 11.1 Å². The predicted molar refractivity (Wildman–Crippen MR) is 140 cm³/mol. The van der Waals surface area contributed by atoms with E-state index in [2.05, 4.69) is 16.6 Å². The zero-order chi connectivity index (χ0) is 28.8. The smallest absolute Gasteiger partial charge is 0.444 e. The van der Waals surface area contributed by atoms with Gasteiger partial charge in [0.05, 0.1) is 13.2 Å². The minimum absolute atomic E-state index is 0.0319. The Morgan fingerprint density at radius 3 is 2.24 bits per heavy atom. The fraction of sp³-hybridized carbons (Fsp3) is 0.464. The molecule has 2 aromatic carbocycles.